The fraction of sp³-hybridized carbons (Fsp3) is 0.919. The SMILES string of the molecule is CCCCCCCCCCCCOC(=O)CCN(CCC(=O)OCCCCCCCCCCCC)CCN(C)CCC(=O)NCCNC(=O)CCN(C)CCN(CCC(=O)OCCCCCCCCCCCC)CCC(=O)OCCCCCCCCCCCC. The molecule has 2 amide bonds. The number of hydrogen-bond acceptors (Lipinski definition) is 14. The Hall–Kier alpha value is -3.34. The van der Waals surface area contributed by atoms with Crippen LogP contribution in [0.1, 0.15) is 323 Å². The van der Waals surface area contributed by atoms with Crippen molar-refractivity contribution < 1.29 is 47.7 Å². The van der Waals surface area contributed by atoms with Gasteiger partial charge in [0.15, 0.2) is 0 Å². The van der Waals surface area contributed by atoms with E-state index in [2.05, 4.69) is 57.9 Å². The van der Waals surface area contributed by atoms with Gasteiger partial charge in [0.1, 0.15) is 0 Å². The molecule has 90 heavy (non-hydrogen) atoms. The molecule has 0 aromatic carbocycles. The molecule has 16 nitrogen and oxygen atoms in total. The first-order chi connectivity index (χ1) is 43.9. The predicted octanol–water partition coefficient (Wildman–Crippen LogP) is 15.9. The van der Waals surface area contributed by atoms with E-state index in [9.17, 15) is 28.8 Å². The highest BCUT2D eigenvalue weighted by atomic mass is 16.5. The number of rotatable bonds is 71. The standard InChI is InChI=1S/C74H144N6O10/c1-7-11-15-19-23-27-31-35-39-43-65-87-71(83)49-57-79(58-50-72(84)88-66-44-40-36-32-28-24-20-16-12-8-2)63-61-77(5)55-47-69(81)75-53-54-76-70(82)48-56-78(6)62-64-80(59-51-73(85)89-67-45-41-37-33-29-25-21-17-13-9-3)60-52-74(86)90-68-46-42-38-34-30-26-22-18-14-10-4/h7-68H2,1-6H3,(H,75,81)(H,76,82). The Labute approximate surface area is 553 Å². The van der Waals surface area contributed by atoms with Gasteiger partial charge >= 0.3 is 23.9 Å². The van der Waals surface area contributed by atoms with Gasteiger partial charge in [-0.05, 0) is 39.8 Å². The summed E-state index contributed by atoms with van der Waals surface area (Å²) in [6.07, 6.45) is 50.6. The van der Waals surface area contributed by atoms with E-state index in [-0.39, 0.29) is 61.4 Å². The first-order valence-corrected chi connectivity index (χ1v) is 37.9. The van der Waals surface area contributed by atoms with Crippen LogP contribution in [0.2, 0.25) is 0 Å². The van der Waals surface area contributed by atoms with Gasteiger partial charge in [0.2, 0.25) is 11.8 Å². The molecule has 0 aromatic rings. The third-order valence-electron chi connectivity index (χ3n) is 17.4. The van der Waals surface area contributed by atoms with Gasteiger partial charge in [0.25, 0.3) is 0 Å². The van der Waals surface area contributed by atoms with E-state index in [1.807, 2.05) is 14.1 Å². The van der Waals surface area contributed by atoms with Gasteiger partial charge in [-0.2, -0.15) is 0 Å². The minimum atomic E-state index is -0.213. The van der Waals surface area contributed by atoms with E-state index in [4.69, 9.17) is 18.9 Å². The molecule has 0 spiro atoms. The molecule has 0 atom stereocenters. The van der Waals surface area contributed by atoms with Crippen LogP contribution in [-0.2, 0) is 47.7 Å². The summed E-state index contributed by atoms with van der Waals surface area (Å²) in [4.78, 5) is 85.3. The zero-order chi connectivity index (χ0) is 65.9. The molecule has 0 unspecified atom stereocenters. The average molecular weight is 1280 g/mol. The largest absolute Gasteiger partial charge is 0.466 e. The van der Waals surface area contributed by atoms with Gasteiger partial charge in [-0.3, -0.25) is 28.8 Å². The maximum absolute atomic E-state index is 12.9. The van der Waals surface area contributed by atoms with Crippen molar-refractivity contribution in [2.45, 2.75) is 323 Å². The first-order valence-electron chi connectivity index (χ1n) is 37.9. The Morgan fingerprint density at radius 1 is 0.244 bits per heavy atom. The second-order valence-electron chi connectivity index (χ2n) is 26.1. The molecule has 0 saturated carbocycles. The second kappa shape index (κ2) is 68.5. The molecule has 16 heteroatoms. The van der Waals surface area contributed by atoms with E-state index in [0.717, 1.165) is 51.4 Å². The molecular formula is C74H144N6O10. The van der Waals surface area contributed by atoms with Gasteiger partial charge < -0.3 is 49.2 Å². The van der Waals surface area contributed by atoms with Gasteiger partial charge in [0, 0.05) is 91.4 Å². The number of carbonyl (C=O) groups excluding carboxylic acids is 6. The minimum absolute atomic E-state index is 0.0998. The summed E-state index contributed by atoms with van der Waals surface area (Å²) in [7, 11) is 3.94. The Morgan fingerprint density at radius 2 is 0.444 bits per heavy atom. The van der Waals surface area contributed by atoms with Crippen LogP contribution in [-0.4, -0.2) is 174 Å². The molecule has 0 bridgehead atoms. The lowest BCUT2D eigenvalue weighted by atomic mass is 10.1. The molecule has 0 saturated heterocycles. The fourth-order valence-corrected chi connectivity index (χ4v) is 11.1. The highest BCUT2D eigenvalue weighted by molar-refractivity contribution is 5.77. The number of amides is 2. The van der Waals surface area contributed by atoms with Gasteiger partial charge in [-0.15, -0.1) is 0 Å². The lowest BCUT2D eigenvalue weighted by Crippen LogP contribution is -2.39. The van der Waals surface area contributed by atoms with Crippen LogP contribution in [0.25, 0.3) is 0 Å². The van der Waals surface area contributed by atoms with Crippen molar-refractivity contribution in [3.8, 4) is 0 Å². The number of nitrogens with zero attached hydrogens (tertiary/aromatic N) is 4. The Bertz CT molecular complexity index is 1440. The molecule has 0 rings (SSSR count). The summed E-state index contributed by atoms with van der Waals surface area (Å²) in [5, 5.41) is 5.86. The van der Waals surface area contributed by atoms with Crippen molar-refractivity contribution in [1.29, 1.82) is 0 Å². The number of likely N-dealkylation sites (N-methyl/N-ethyl adjacent to an activating group) is 2. The highest BCUT2D eigenvalue weighted by Gasteiger charge is 2.17. The summed E-state index contributed by atoms with van der Waals surface area (Å²) >= 11 is 0. The van der Waals surface area contributed by atoms with E-state index < -0.39 is 0 Å². The lowest BCUT2D eigenvalue weighted by Gasteiger charge is -2.25. The molecule has 0 aliphatic heterocycles. The summed E-state index contributed by atoms with van der Waals surface area (Å²) in [6, 6.07) is 0. The number of nitrogens with one attached hydrogen (secondary N) is 2. The van der Waals surface area contributed by atoms with Crippen LogP contribution in [0.3, 0.4) is 0 Å². The van der Waals surface area contributed by atoms with Crippen molar-refractivity contribution in [2.75, 3.05) is 119 Å². The number of ether oxygens (including phenoxy) is 4. The molecule has 0 fully saturated rings. The summed E-state index contributed by atoms with van der Waals surface area (Å²) in [5.74, 6) is -1.05. The Morgan fingerprint density at radius 3 is 0.656 bits per heavy atom. The van der Waals surface area contributed by atoms with Crippen molar-refractivity contribution in [2.24, 2.45) is 0 Å². The smallest absolute Gasteiger partial charge is 0.307 e. The highest BCUT2D eigenvalue weighted by Crippen LogP contribution is 2.15. The summed E-state index contributed by atoms with van der Waals surface area (Å²) < 4.78 is 22.4. The van der Waals surface area contributed by atoms with Crippen molar-refractivity contribution in [3.63, 3.8) is 0 Å². The number of hydrogen-bond donors (Lipinski definition) is 2. The van der Waals surface area contributed by atoms with E-state index in [0.29, 0.717) is 118 Å². The molecular weight excluding hydrogens is 1130 g/mol. The molecule has 0 heterocycles. The van der Waals surface area contributed by atoms with Gasteiger partial charge in [-0.1, -0.05) is 259 Å². The monoisotopic (exact) mass is 1280 g/mol. The lowest BCUT2D eigenvalue weighted by molar-refractivity contribution is -0.146. The normalized spacial score (nSPS) is 11.5. The maximum atomic E-state index is 12.9. The molecule has 0 aliphatic carbocycles. The van der Waals surface area contributed by atoms with E-state index in [1.54, 1.807) is 0 Å². The predicted molar refractivity (Wildman–Crippen MR) is 373 cm³/mol. The summed E-state index contributed by atoms with van der Waals surface area (Å²) in [6.45, 7) is 17.0. The van der Waals surface area contributed by atoms with Crippen LogP contribution in [0.5, 0.6) is 0 Å². The van der Waals surface area contributed by atoms with Crippen molar-refractivity contribution in [3.05, 3.63) is 0 Å². The van der Waals surface area contributed by atoms with Gasteiger partial charge in [-0.25, -0.2) is 0 Å². The fourth-order valence-electron chi connectivity index (χ4n) is 11.1. The quantitative estimate of drug-likeness (QED) is 0.0334. The molecule has 0 aliphatic rings. The van der Waals surface area contributed by atoms with Crippen molar-refractivity contribution in [1.82, 2.24) is 30.2 Å². The molecule has 530 valence electrons. The average Bonchev–Trinajstić information content (AvgIpc) is 3.63. The Balaban J connectivity index is 4.87. The molecule has 0 aromatic heterocycles. The maximum Gasteiger partial charge on any atom is 0.307 e. The zero-order valence-corrected chi connectivity index (χ0v) is 59.7. The third-order valence-corrected chi connectivity index (χ3v) is 17.4. The topological polar surface area (TPSA) is 176 Å². The van der Waals surface area contributed by atoms with Crippen molar-refractivity contribution >= 4 is 35.7 Å². The van der Waals surface area contributed by atoms with Crippen LogP contribution in [0.4, 0.5) is 0 Å². The number of unbranched alkanes of at least 4 members (excludes halogenated alkanes) is 36. The minimum Gasteiger partial charge on any atom is -0.466 e. The number of carbonyl (C=O) groups is 6. The van der Waals surface area contributed by atoms with Gasteiger partial charge in [0.05, 0.1) is 52.1 Å². The van der Waals surface area contributed by atoms with Crippen LogP contribution < -0.4 is 10.6 Å². The van der Waals surface area contributed by atoms with Crippen LogP contribution in [0.15, 0.2) is 0 Å². The van der Waals surface area contributed by atoms with Crippen LogP contribution >= 0.6 is 0 Å². The molecule has 2 N–H and O–H groups in total. The third kappa shape index (κ3) is 64.8. The second-order valence-corrected chi connectivity index (χ2v) is 26.1. The van der Waals surface area contributed by atoms with Crippen LogP contribution in [0, 0.1) is 0 Å². The molecule has 0 radical (unpaired) electrons. The number of esters is 4. The van der Waals surface area contributed by atoms with E-state index >= 15 is 0 Å². The van der Waals surface area contributed by atoms with E-state index in [1.165, 1.54) is 205 Å². The Kier molecular flexibility index (Phi) is 66.0. The zero-order valence-electron chi connectivity index (χ0n) is 59.7. The summed E-state index contributed by atoms with van der Waals surface area (Å²) in [5.41, 5.74) is 0. The first kappa shape index (κ1) is 86.7.